The molecule has 0 bridgehead atoms. The summed E-state index contributed by atoms with van der Waals surface area (Å²) < 4.78 is 0. The third kappa shape index (κ3) is 9.83. The van der Waals surface area contributed by atoms with Crippen LogP contribution in [0.2, 0.25) is 0 Å². The molecule has 0 radical (unpaired) electrons. The van der Waals surface area contributed by atoms with E-state index in [1.807, 2.05) is 0 Å². The first-order valence-electron chi connectivity index (χ1n) is 11.0. The second-order valence-corrected chi connectivity index (χ2v) is 7.94. The van der Waals surface area contributed by atoms with Crippen molar-refractivity contribution in [3.63, 3.8) is 0 Å². The molecule has 0 aromatic heterocycles. The number of nitrogens with two attached hydrogens (primary N) is 2. The van der Waals surface area contributed by atoms with Crippen molar-refractivity contribution in [2.45, 2.75) is 62.9 Å². The fourth-order valence-electron chi connectivity index (χ4n) is 3.04. The average Bonchev–Trinajstić information content (AvgIpc) is 2.81. The summed E-state index contributed by atoms with van der Waals surface area (Å²) in [4.78, 5) is 49.3. The van der Waals surface area contributed by atoms with Gasteiger partial charge in [-0.25, -0.2) is 4.79 Å². The van der Waals surface area contributed by atoms with E-state index in [1.165, 1.54) is 6.92 Å². The van der Waals surface area contributed by atoms with E-state index in [9.17, 15) is 34.5 Å². The number of aliphatic hydroxyl groups excluding tert-OH is 2. The van der Waals surface area contributed by atoms with Gasteiger partial charge < -0.3 is 42.7 Å². The SMILES string of the molecule is CC(O)C(N)C(=O)NC(CO)C(=O)NC(CCCCN)C(=O)NC(Cc1ccccc1)C(=O)O. The molecule has 0 fully saturated rings. The molecule has 12 nitrogen and oxygen atoms in total. The van der Waals surface area contributed by atoms with Crippen LogP contribution in [0, 0.1) is 0 Å². The highest BCUT2D eigenvalue weighted by Gasteiger charge is 2.30. The van der Waals surface area contributed by atoms with Gasteiger partial charge in [0.15, 0.2) is 0 Å². The fraction of sp³-hybridized carbons (Fsp3) is 0.545. The van der Waals surface area contributed by atoms with Crippen molar-refractivity contribution in [3.8, 4) is 0 Å². The smallest absolute Gasteiger partial charge is 0.326 e. The van der Waals surface area contributed by atoms with Gasteiger partial charge in [0.1, 0.15) is 24.2 Å². The first-order valence-corrected chi connectivity index (χ1v) is 11.0. The minimum Gasteiger partial charge on any atom is -0.480 e. The second kappa shape index (κ2) is 15.0. The Morgan fingerprint density at radius 3 is 2.00 bits per heavy atom. The van der Waals surface area contributed by atoms with Gasteiger partial charge in [-0.15, -0.1) is 0 Å². The van der Waals surface area contributed by atoms with Crippen LogP contribution in [0.5, 0.6) is 0 Å². The number of unbranched alkanes of at least 4 members (excludes halogenated alkanes) is 1. The molecule has 12 heteroatoms. The summed E-state index contributed by atoms with van der Waals surface area (Å²) in [5.74, 6) is -3.69. The maximum absolute atomic E-state index is 12.9. The van der Waals surface area contributed by atoms with Crippen molar-refractivity contribution in [1.82, 2.24) is 16.0 Å². The van der Waals surface area contributed by atoms with E-state index < -0.39 is 60.6 Å². The van der Waals surface area contributed by atoms with E-state index >= 15 is 0 Å². The maximum atomic E-state index is 12.9. The molecule has 5 unspecified atom stereocenters. The van der Waals surface area contributed by atoms with Crippen LogP contribution in [-0.4, -0.2) is 82.4 Å². The Hall–Kier alpha value is -3.06. The zero-order chi connectivity index (χ0) is 25.7. The van der Waals surface area contributed by atoms with E-state index in [2.05, 4.69) is 16.0 Å². The normalized spacial score (nSPS) is 15.3. The Balaban J connectivity index is 2.91. The van der Waals surface area contributed by atoms with Crippen LogP contribution in [0.15, 0.2) is 30.3 Å². The number of carbonyl (C=O) groups is 4. The van der Waals surface area contributed by atoms with Gasteiger partial charge in [-0.2, -0.15) is 0 Å². The highest BCUT2D eigenvalue weighted by atomic mass is 16.4. The molecule has 0 aliphatic rings. The summed E-state index contributed by atoms with van der Waals surface area (Å²) in [6.45, 7) is 0.873. The fourth-order valence-corrected chi connectivity index (χ4v) is 3.04. The van der Waals surface area contributed by atoms with Crippen LogP contribution in [0.4, 0.5) is 0 Å². The maximum Gasteiger partial charge on any atom is 0.326 e. The standard InChI is InChI=1S/C22H35N5O7/c1-13(29)18(24)21(32)27-17(12-28)20(31)25-15(9-5-6-10-23)19(30)26-16(22(33)34)11-14-7-3-2-4-8-14/h2-4,7-8,13,15-18,28-29H,5-6,9-12,23-24H2,1H3,(H,25,31)(H,26,30)(H,27,32)(H,33,34). The van der Waals surface area contributed by atoms with Crippen molar-refractivity contribution in [3.05, 3.63) is 35.9 Å². The van der Waals surface area contributed by atoms with Crippen molar-refractivity contribution < 1.29 is 34.5 Å². The molecule has 1 rings (SSSR count). The number of hydrogen-bond acceptors (Lipinski definition) is 8. The summed E-state index contributed by atoms with van der Waals surface area (Å²) in [5.41, 5.74) is 11.7. The minimum absolute atomic E-state index is 0.0396. The van der Waals surface area contributed by atoms with Crippen molar-refractivity contribution in [2.75, 3.05) is 13.2 Å². The van der Waals surface area contributed by atoms with Crippen LogP contribution in [-0.2, 0) is 25.6 Å². The molecular weight excluding hydrogens is 446 g/mol. The predicted molar refractivity (Wildman–Crippen MR) is 123 cm³/mol. The predicted octanol–water partition coefficient (Wildman–Crippen LogP) is -2.40. The molecule has 0 aliphatic carbocycles. The molecule has 34 heavy (non-hydrogen) atoms. The monoisotopic (exact) mass is 481 g/mol. The minimum atomic E-state index is -1.43. The number of carboxylic acids is 1. The Kier molecular flexibility index (Phi) is 12.7. The Morgan fingerprint density at radius 2 is 1.47 bits per heavy atom. The number of carboxylic acid groups (broad SMARTS) is 1. The van der Waals surface area contributed by atoms with Gasteiger partial charge in [0.05, 0.1) is 12.7 Å². The number of amides is 3. The summed E-state index contributed by atoms with van der Waals surface area (Å²) in [6, 6.07) is 3.63. The highest BCUT2D eigenvalue weighted by molar-refractivity contribution is 5.94. The van der Waals surface area contributed by atoms with Gasteiger partial charge in [-0.05, 0) is 38.3 Å². The van der Waals surface area contributed by atoms with Crippen LogP contribution in [0.1, 0.15) is 31.7 Å². The molecular formula is C22H35N5O7. The number of aliphatic carboxylic acids is 1. The number of benzene rings is 1. The lowest BCUT2D eigenvalue weighted by molar-refractivity contribution is -0.142. The first kappa shape index (κ1) is 29.0. The number of nitrogens with one attached hydrogen (secondary N) is 3. The summed E-state index contributed by atoms with van der Waals surface area (Å²) in [7, 11) is 0. The van der Waals surface area contributed by atoms with Gasteiger partial charge in [0.25, 0.3) is 0 Å². The highest BCUT2D eigenvalue weighted by Crippen LogP contribution is 2.07. The van der Waals surface area contributed by atoms with E-state index in [4.69, 9.17) is 11.5 Å². The molecule has 1 aromatic carbocycles. The molecule has 190 valence electrons. The molecule has 3 amide bonds. The van der Waals surface area contributed by atoms with E-state index in [-0.39, 0.29) is 12.8 Å². The largest absolute Gasteiger partial charge is 0.480 e. The van der Waals surface area contributed by atoms with Gasteiger partial charge in [0, 0.05) is 6.42 Å². The van der Waals surface area contributed by atoms with Crippen LogP contribution in [0.3, 0.4) is 0 Å². The number of carbonyl (C=O) groups excluding carboxylic acids is 3. The summed E-state index contributed by atoms with van der Waals surface area (Å²) in [5, 5.41) is 35.6. The lowest BCUT2D eigenvalue weighted by Crippen LogP contribution is -2.59. The van der Waals surface area contributed by atoms with Gasteiger partial charge in [-0.1, -0.05) is 30.3 Å². The molecule has 0 saturated heterocycles. The Morgan fingerprint density at radius 1 is 0.912 bits per heavy atom. The molecule has 10 N–H and O–H groups in total. The molecule has 0 spiro atoms. The van der Waals surface area contributed by atoms with Crippen molar-refractivity contribution in [2.24, 2.45) is 11.5 Å². The third-order valence-electron chi connectivity index (χ3n) is 5.12. The van der Waals surface area contributed by atoms with Gasteiger partial charge >= 0.3 is 5.97 Å². The quantitative estimate of drug-likeness (QED) is 0.125. The molecule has 1 aromatic rings. The molecule has 5 atom stereocenters. The Bertz CT molecular complexity index is 806. The van der Waals surface area contributed by atoms with Crippen LogP contribution < -0.4 is 27.4 Å². The van der Waals surface area contributed by atoms with Crippen LogP contribution >= 0.6 is 0 Å². The number of hydrogen-bond donors (Lipinski definition) is 8. The molecule has 0 saturated carbocycles. The van der Waals surface area contributed by atoms with E-state index in [0.717, 1.165) is 0 Å². The van der Waals surface area contributed by atoms with Crippen molar-refractivity contribution >= 4 is 23.7 Å². The zero-order valence-corrected chi connectivity index (χ0v) is 19.1. The Labute approximate surface area is 198 Å². The summed E-state index contributed by atoms with van der Waals surface area (Å²) >= 11 is 0. The average molecular weight is 482 g/mol. The lowest BCUT2D eigenvalue weighted by Gasteiger charge is -2.25. The molecule has 0 aliphatic heterocycles. The topological polar surface area (TPSA) is 217 Å². The van der Waals surface area contributed by atoms with Crippen molar-refractivity contribution in [1.29, 1.82) is 0 Å². The first-order chi connectivity index (χ1) is 16.1. The lowest BCUT2D eigenvalue weighted by atomic mass is 10.0. The molecule has 0 heterocycles. The number of rotatable bonds is 15. The number of aliphatic hydroxyl groups is 2. The van der Waals surface area contributed by atoms with Gasteiger partial charge in [-0.3, -0.25) is 14.4 Å². The van der Waals surface area contributed by atoms with E-state index in [1.54, 1.807) is 30.3 Å². The summed E-state index contributed by atoms with van der Waals surface area (Å²) in [6.07, 6.45) is 0.0442. The van der Waals surface area contributed by atoms with E-state index in [0.29, 0.717) is 24.9 Å². The second-order valence-electron chi connectivity index (χ2n) is 7.94. The van der Waals surface area contributed by atoms with Gasteiger partial charge in [0.2, 0.25) is 17.7 Å². The zero-order valence-electron chi connectivity index (χ0n) is 19.1. The third-order valence-corrected chi connectivity index (χ3v) is 5.12. The van der Waals surface area contributed by atoms with Crippen LogP contribution in [0.25, 0.3) is 0 Å².